The van der Waals surface area contributed by atoms with Gasteiger partial charge < -0.3 is 15.6 Å². The standard InChI is InChI=1S/C17H23N3O2/c1-11(9-15-12(2)20-22-13(15)3)19-17(21)16(18)10-14-7-5-4-6-8-14/h4-8,11,16H,9-10,18H2,1-3H3,(H,19,21)/t11?,16-/m0/s1. The summed E-state index contributed by atoms with van der Waals surface area (Å²) in [7, 11) is 0. The summed E-state index contributed by atoms with van der Waals surface area (Å²) in [6, 6.07) is 9.21. The van der Waals surface area contributed by atoms with Gasteiger partial charge in [-0.15, -0.1) is 0 Å². The van der Waals surface area contributed by atoms with E-state index in [4.69, 9.17) is 10.3 Å². The molecule has 0 radical (unpaired) electrons. The Morgan fingerprint density at radius 3 is 2.55 bits per heavy atom. The van der Waals surface area contributed by atoms with Crippen LogP contribution in [0.3, 0.4) is 0 Å². The number of rotatable bonds is 6. The van der Waals surface area contributed by atoms with Crippen LogP contribution in [0.15, 0.2) is 34.9 Å². The van der Waals surface area contributed by atoms with Crippen LogP contribution in [-0.2, 0) is 17.6 Å². The molecule has 0 spiro atoms. The number of hydrogen-bond acceptors (Lipinski definition) is 4. The Bertz CT molecular complexity index is 603. The van der Waals surface area contributed by atoms with Crippen LogP contribution in [0, 0.1) is 13.8 Å². The average Bonchev–Trinajstić information content (AvgIpc) is 2.80. The number of carbonyl (C=O) groups is 1. The first-order valence-corrected chi connectivity index (χ1v) is 7.49. The van der Waals surface area contributed by atoms with Crippen molar-refractivity contribution in [3.05, 3.63) is 52.9 Å². The summed E-state index contributed by atoms with van der Waals surface area (Å²) in [5.74, 6) is 0.662. The van der Waals surface area contributed by atoms with Crippen LogP contribution in [-0.4, -0.2) is 23.1 Å². The topological polar surface area (TPSA) is 81.2 Å². The van der Waals surface area contributed by atoms with Crippen LogP contribution < -0.4 is 11.1 Å². The van der Waals surface area contributed by atoms with E-state index in [1.54, 1.807) is 0 Å². The highest BCUT2D eigenvalue weighted by Crippen LogP contribution is 2.14. The molecule has 2 rings (SSSR count). The van der Waals surface area contributed by atoms with E-state index in [-0.39, 0.29) is 11.9 Å². The van der Waals surface area contributed by atoms with Gasteiger partial charge in [0, 0.05) is 11.6 Å². The first kappa shape index (κ1) is 16.2. The summed E-state index contributed by atoms with van der Waals surface area (Å²) >= 11 is 0. The smallest absolute Gasteiger partial charge is 0.237 e. The number of nitrogens with one attached hydrogen (secondary N) is 1. The number of nitrogens with two attached hydrogens (primary N) is 1. The molecule has 0 aliphatic carbocycles. The van der Waals surface area contributed by atoms with Crippen LogP contribution >= 0.6 is 0 Å². The molecule has 0 aliphatic heterocycles. The van der Waals surface area contributed by atoms with Crippen molar-refractivity contribution >= 4 is 5.91 Å². The van der Waals surface area contributed by atoms with Gasteiger partial charge in [-0.3, -0.25) is 4.79 Å². The Kier molecular flexibility index (Phi) is 5.33. The van der Waals surface area contributed by atoms with Gasteiger partial charge in [-0.2, -0.15) is 0 Å². The van der Waals surface area contributed by atoms with Gasteiger partial charge >= 0.3 is 0 Å². The van der Waals surface area contributed by atoms with Crippen LogP contribution in [0.25, 0.3) is 0 Å². The zero-order valence-corrected chi connectivity index (χ0v) is 13.3. The Hall–Kier alpha value is -2.14. The number of nitrogens with zero attached hydrogens (tertiary/aromatic N) is 1. The molecule has 5 nitrogen and oxygen atoms in total. The minimum Gasteiger partial charge on any atom is -0.361 e. The van der Waals surface area contributed by atoms with Gasteiger partial charge in [0.25, 0.3) is 0 Å². The number of carbonyl (C=O) groups excluding carboxylic acids is 1. The zero-order valence-electron chi connectivity index (χ0n) is 13.3. The minimum atomic E-state index is -0.547. The Morgan fingerprint density at radius 2 is 1.95 bits per heavy atom. The second-order valence-corrected chi connectivity index (χ2v) is 5.71. The largest absolute Gasteiger partial charge is 0.361 e. The SMILES string of the molecule is Cc1noc(C)c1CC(C)NC(=O)[C@@H](N)Cc1ccccc1. The van der Waals surface area contributed by atoms with Crippen molar-refractivity contribution in [1.29, 1.82) is 0 Å². The highest BCUT2D eigenvalue weighted by atomic mass is 16.5. The van der Waals surface area contributed by atoms with Crippen molar-refractivity contribution in [3.63, 3.8) is 0 Å². The highest BCUT2D eigenvalue weighted by molar-refractivity contribution is 5.82. The summed E-state index contributed by atoms with van der Waals surface area (Å²) in [5.41, 5.74) is 8.96. The van der Waals surface area contributed by atoms with Crippen molar-refractivity contribution in [2.75, 3.05) is 0 Å². The Labute approximate surface area is 130 Å². The lowest BCUT2D eigenvalue weighted by Crippen LogP contribution is -2.46. The third-order valence-corrected chi connectivity index (χ3v) is 3.72. The van der Waals surface area contributed by atoms with Gasteiger partial charge in [0.2, 0.25) is 5.91 Å². The zero-order chi connectivity index (χ0) is 16.1. The van der Waals surface area contributed by atoms with Crippen LogP contribution in [0.1, 0.15) is 29.5 Å². The lowest BCUT2D eigenvalue weighted by Gasteiger charge is -2.17. The second-order valence-electron chi connectivity index (χ2n) is 5.71. The maximum Gasteiger partial charge on any atom is 0.237 e. The van der Waals surface area contributed by atoms with Gasteiger partial charge in [-0.1, -0.05) is 35.5 Å². The molecule has 1 unspecified atom stereocenters. The molecule has 2 aromatic rings. The van der Waals surface area contributed by atoms with Crippen molar-refractivity contribution in [3.8, 4) is 0 Å². The molecule has 22 heavy (non-hydrogen) atoms. The van der Waals surface area contributed by atoms with E-state index in [0.29, 0.717) is 12.8 Å². The summed E-state index contributed by atoms with van der Waals surface area (Å²) in [6.07, 6.45) is 1.22. The molecule has 1 heterocycles. The molecule has 0 fully saturated rings. The van der Waals surface area contributed by atoms with E-state index in [2.05, 4.69) is 10.5 Å². The number of aromatic nitrogens is 1. The monoisotopic (exact) mass is 301 g/mol. The molecule has 0 saturated carbocycles. The number of benzene rings is 1. The molecule has 1 aromatic carbocycles. The van der Waals surface area contributed by atoms with E-state index in [1.165, 1.54) is 0 Å². The van der Waals surface area contributed by atoms with Crippen LogP contribution in [0.2, 0.25) is 0 Å². The predicted octanol–water partition coefficient (Wildman–Crippen LogP) is 1.91. The molecule has 5 heteroatoms. The summed E-state index contributed by atoms with van der Waals surface area (Å²) in [5, 5.41) is 6.89. The van der Waals surface area contributed by atoms with Gasteiger partial charge in [0.15, 0.2) is 0 Å². The number of aryl methyl sites for hydroxylation is 2. The fourth-order valence-corrected chi connectivity index (χ4v) is 2.46. The van der Waals surface area contributed by atoms with E-state index in [0.717, 1.165) is 22.6 Å². The fourth-order valence-electron chi connectivity index (χ4n) is 2.46. The Morgan fingerprint density at radius 1 is 1.27 bits per heavy atom. The van der Waals surface area contributed by atoms with Crippen LogP contribution in [0.5, 0.6) is 0 Å². The molecular formula is C17H23N3O2. The predicted molar refractivity (Wildman–Crippen MR) is 85.4 cm³/mol. The maximum absolute atomic E-state index is 12.2. The molecule has 0 aliphatic rings. The van der Waals surface area contributed by atoms with Crippen molar-refractivity contribution in [2.24, 2.45) is 5.73 Å². The molecule has 3 N–H and O–H groups in total. The molecular weight excluding hydrogens is 278 g/mol. The Balaban J connectivity index is 1.88. The fraction of sp³-hybridized carbons (Fsp3) is 0.412. The third kappa shape index (κ3) is 4.18. The van der Waals surface area contributed by atoms with Gasteiger partial charge in [0.05, 0.1) is 11.7 Å². The molecule has 2 atom stereocenters. The third-order valence-electron chi connectivity index (χ3n) is 3.72. The maximum atomic E-state index is 12.2. The molecule has 118 valence electrons. The quantitative estimate of drug-likeness (QED) is 0.854. The summed E-state index contributed by atoms with van der Waals surface area (Å²) in [6.45, 7) is 5.74. The highest BCUT2D eigenvalue weighted by Gasteiger charge is 2.18. The molecule has 0 bridgehead atoms. The van der Waals surface area contributed by atoms with Gasteiger partial charge in [0.1, 0.15) is 5.76 Å². The number of amides is 1. The first-order valence-electron chi connectivity index (χ1n) is 7.49. The van der Waals surface area contributed by atoms with Gasteiger partial charge in [-0.05, 0) is 39.2 Å². The normalized spacial score (nSPS) is 13.6. The lowest BCUT2D eigenvalue weighted by atomic mass is 10.0. The lowest BCUT2D eigenvalue weighted by molar-refractivity contribution is -0.122. The summed E-state index contributed by atoms with van der Waals surface area (Å²) < 4.78 is 5.14. The second kappa shape index (κ2) is 7.22. The van der Waals surface area contributed by atoms with E-state index >= 15 is 0 Å². The van der Waals surface area contributed by atoms with Gasteiger partial charge in [-0.25, -0.2) is 0 Å². The van der Waals surface area contributed by atoms with E-state index in [9.17, 15) is 4.79 Å². The van der Waals surface area contributed by atoms with Crippen molar-refractivity contribution < 1.29 is 9.32 Å². The first-order chi connectivity index (χ1) is 10.5. The molecule has 0 saturated heterocycles. The minimum absolute atomic E-state index is 0.0221. The van der Waals surface area contributed by atoms with E-state index in [1.807, 2.05) is 51.1 Å². The average molecular weight is 301 g/mol. The van der Waals surface area contributed by atoms with E-state index < -0.39 is 6.04 Å². The number of hydrogen-bond donors (Lipinski definition) is 2. The van der Waals surface area contributed by atoms with Crippen LogP contribution in [0.4, 0.5) is 0 Å². The van der Waals surface area contributed by atoms with Crippen molar-refractivity contribution in [1.82, 2.24) is 10.5 Å². The van der Waals surface area contributed by atoms with Crippen molar-refractivity contribution in [2.45, 2.75) is 45.7 Å². The summed E-state index contributed by atoms with van der Waals surface area (Å²) in [4.78, 5) is 12.2. The molecule has 1 amide bonds. The molecule has 1 aromatic heterocycles.